The standard InChI is InChI=1S/C15H15ClN4O2S/c1-10(2)23(21,22)19-12-3-5-13(6-4-12)20-8-7-11-9-17-15(16)18-14(11)20/h3-10,19H,1-2H3. The van der Waals surface area contributed by atoms with Gasteiger partial charge in [0.15, 0.2) is 0 Å². The van der Waals surface area contributed by atoms with E-state index in [0.717, 1.165) is 11.1 Å². The van der Waals surface area contributed by atoms with Gasteiger partial charge in [-0.25, -0.2) is 13.4 Å². The highest BCUT2D eigenvalue weighted by Gasteiger charge is 2.15. The minimum atomic E-state index is -3.35. The maximum atomic E-state index is 11.9. The molecule has 0 saturated carbocycles. The molecule has 6 nitrogen and oxygen atoms in total. The quantitative estimate of drug-likeness (QED) is 0.733. The fraction of sp³-hybridized carbons (Fsp3) is 0.200. The molecule has 0 spiro atoms. The smallest absolute Gasteiger partial charge is 0.235 e. The van der Waals surface area contributed by atoms with E-state index >= 15 is 0 Å². The van der Waals surface area contributed by atoms with Crippen LogP contribution < -0.4 is 4.72 Å². The Morgan fingerprint density at radius 3 is 2.52 bits per heavy atom. The van der Waals surface area contributed by atoms with E-state index in [4.69, 9.17) is 11.6 Å². The third-order valence-electron chi connectivity index (χ3n) is 3.42. The Morgan fingerprint density at radius 1 is 1.17 bits per heavy atom. The van der Waals surface area contributed by atoms with E-state index in [1.54, 1.807) is 32.2 Å². The zero-order valence-corrected chi connectivity index (χ0v) is 14.1. The van der Waals surface area contributed by atoms with Gasteiger partial charge in [0.25, 0.3) is 0 Å². The van der Waals surface area contributed by atoms with Crippen molar-refractivity contribution in [3.8, 4) is 5.69 Å². The number of anilines is 1. The monoisotopic (exact) mass is 350 g/mol. The Balaban J connectivity index is 1.94. The van der Waals surface area contributed by atoms with Crippen LogP contribution in [0, 0.1) is 0 Å². The van der Waals surface area contributed by atoms with Crippen LogP contribution in [0.25, 0.3) is 16.7 Å². The van der Waals surface area contributed by atoms with Gasteiger partial charge in [0.05, 0.1) is 5.25 Å². The zero-order chi connectivity index (χ0) is 16.6. The molecule has 3 rings (SSSR count). The largest absolute Gasteiger partial charge is 0.301 e. The van der Waals surface area contributed by atoms with E-state index in [2.05, 4.69) is 14.7 Å². The molecule has 2 aromatic heterocycles. The molecule has 0 aliphatic carbocycles. The van der Waals surface area contributed by atoms with Crippen LogP contribution in [0.5, 0.6) is 0 Å². The number of hydrogen-bond donors (Lipinski definition) is 1. The highest BCUT2D eigenvalue weighted by atomic mass is 35.5. The summed E-state index contributed by atoms with van der Waals surface area (Å²) in [5, 5.41) is 0.562. The molecule has 120 valence electrons. The molecule has 0 aliphatic heterocycles. The molecule has 0 radical (unpaired) electrons. The molecular weight excluding hydrogens is 336 g/mol. The van der Waals surface area contributed by atoms with Gasteiger partial charge in [-0.3, -0.25) is 4.72 Å². The number of aromatic nitrogens is 3. The summed E-state index contributed by atoms with van der Waals surface area (Å²) in [6, 6.07) is 8.94. The maximum absolute atomic E-state index is 11.9. The number of halogens is 1. The first-order chi connectivity index (χ1) is 10.9. The minimum absolute atomic E-state index is 0.179. The molecule has 0 saturated heterocycles. The van der Waals surface area contributed by atoms with Crippen LogP contribution in [0.4, 0.5) is 5.69 Å². The van der Waals surface area contributed by atoms with Crippen molar-refractivity contribution in [2.75, 3.05) is 4.72 Å². The molecule has 3 aromatic rings. The van der Waals surface area contributed by atoms with Crippen LogP contribution in [0.1, 0.15) is 13.8 Å². The van der Waals surface area contributed by atoms with Crippen LogP contribution in [-0.4, -0.2) is 28.2 Å². The summed E-state index contributed by atoms with van der Waals surface area (Å²) in [6.07, 6.45) is 3.52. The normalized spacial score (nSPS) is 12.0. The molecule has 8 heteroatoms. The van der Waals surface area contributed by atoms with Crippen molar-refractivity contribution in [1.82, 2.24) is 14.5 Å². The van der Waals surface area contributed by atoms with Gasteiger partial charge in [0.1, 0.15) is 5.65 Å². The van der Waals surface area contributed by atoms with Crippen molar-refractivity contribution < 1.29 is 8.42 Å². The molecule has 0 atom stereocenters. The highest BCUT2D eigenvalue weighted by Crippen LogP contribution is 2.21. The van der Waals surface area contributed by atoms with Crippen LogP contribution >= 0.6 is 11.6 Å². The molecule has 0 amide bonds. The molecule has 1 N–H and O–H groups in total. The van der Waals surface area contributed by atoms with Crippen LogP contribution in [0.15, 0.2) is 42.7 Å². The number of rotatable bonds is 4. The van der Waals surface area contributed by atoms with Gasteiger partial charge in [0.2, 0.25) is 15.3 Å². The van der Waals surface area contributed by atoms with Crippen LogP contribution in [-0.2, 0) is 10.0 Å². The van der Waals surface area contributed by atoms with Crippen molar-refractivity contribution >= 4 is 38.3 Å². The molecule has 0 unspecified atom stereocenters. The van der Waals surface area contributed by atoms with Gasteiger partial charge in [-0.05, 0) is 55.8 Å². The van der Waals surface area contributed by atoms with Crippen LogP contribution in [0.2, 0.25) is 5.28 Å². The summed E-state index contributed by atoms with van der Waals surface area (Å²) in [6.45, 7) is 3.26. The molecule has 2 heterocycles. The highest BCUT2D eigenvalue weighted by molar-refractivity contribution is 7.93. The topological polar surface area (TPSA) is 76.9 Å². The third-order valence-corrected chi connectivity index (χ3v) is 5.37. The molecule has 0 fully saturated rings. The zero-order valence-electron chi connectivity index (χ0n) is 12.6. The SMILES string of the molecule is CC(C)S(=O)(=O)Nc1ccc(-n2ccc3cnc(Cl)nc32)cc1. The second-order valence-corrected chi connectivity index (χ2v) is 7.92. The lowest BCUT2D eigenvalue weighted by Gasteiger charge is -2.11. The second kappa shape index (κ2) is 5.82. The van der Waals surface area contributed by atoms with Gasteiger partial charge in [-0.15, -0.1) is 0 Å². The number of nitrogens with zero attached hydrogens (tertiary/aromatic N) is 3. The number of fused-ring (bicyclic) bond motifs is 1. The summed E-state index contributed by atoms with van der Waals surface area (Å²) < 4.78 is 28.2. The summed E-state index contributed by atoms with van der Waals surface area (Å²) in [5.74, 6) is 0. The van der Waals surface area contributed by atoms with E-state index < -0.39 is 15.3 Å². The summed E-state index contributed by atoms with van der Waals surface area (Å²) in [4.78, 5) is 8.17. The van der Waals surface area contributed by atoms with E-state index in [-0.39, 0.29) is 5.28 Å². The first kappa shape index (κ1) is 15.8. The van der Waals surface area contributed by atoms with Gasteiger partial charge >= 0.3 is 0 Å². The van der Waals surface area contributed by atoms with Crippen molar-refractivity contribution in [2.24, 2.45) is 0 Å². The third kappa shape index (κ3) is 3.16. The van der Waals surface area contributed by atoms with E-state index in [1.807, 2.05) is 29.0 Å². The molecule has 1 aromatic carbocycles. The lowest BCUT2D eigenvalue weighted by atomic mass is 10.3. The van der Waals surface area contributed by atoms with Crippen molar-refractivity contribution in [3.05, 3.63) is 48.0 Å². The maximum Gasteiger partial charge on any atom is 0.235 e. The summed E-state index contributed by atoms with van der Waals surface area (Å²) >= 11 is 5.85. The molecule has 0 bridgehead atoms. The Hall–Kier alpha value is -2.12. The summed E-state index contributed by atoms with van der Waals surface area (Å²) in [5.41, 5.74) is 2.06. The number of hydrogen-bond acceptors (Lipinski definition) is 4. The van der Waals surface area contributed by atoms with Gasteiger partial charge in [0, 0.05) is 29.2 Å². The Labute approximate surface area is 139 Å². The van der Waals surface area contributed by atoms with E-state index in [9.17, 15) is 8.42 Å². The number of nitrogens with one attached hydrogen (secondary N) is 1. The van der Waals surface area contributed by atoms with Gasteiger partial charge < -0.3 is 4.57 Å². The van der Waals surface area contributed by atoms with E-state index in [0.29, 0.717) is 11.3 Å². The predicted molar refractivity (Wildman–Crippen MR) is 91.6 cm³/mol. The van der Waals surface area contributed by atoms with E-state index in [1.165, 1.54) is 0 Å². The van der Waals surface area contributed by atoms with Crippen molar-refractivity contribution in [2.45, 2.75) is 19.1 Å². The number of benzene rings is 1. The Kier molecular flexibility index (Phi) is 3.99. The average molecular weight is 351 g/mol. The second-order valence-electron chi connectivity index (χ2n) is 5.35. The molecule has 0 aliphatic rings. The molecular formula is C15H15ClN4O2S. The first-order valence-electron chi connectivity index (χ1n) is 6.98. The van der Waals surface area contributed by atoms with Gasteiger partial charge in [-0.2, -0.15) is 4.98 Å². The van der Waals surface area contributed by atoms with Crippen molar-refractivity contribution in [3.63, 3.8) is 0 Å². The van der Waals surface area contributed by atoms with Crippen LogP contribution in [0.3, 0.4) is 0 Å². The lowest BCUT2D eigenvalue weighted by Crippen LogP contribution is -2.22. The molecule has 23 heavy (non-hydrogen) atoms. The first-order valence-corrected chi connectivity index (χ1v) is 8.91. The lowest BCUT2D eigenvalue weighted by molar-refractivity contribution is 0.593. The number of sulfonamides is 1. The fourth-order valence-corrected chi connectivity index (χ4v) is 2.91. The Bertz CT molecular complexity index is 949. The fourth-order valence-electron chi connectivity index (χ4n) is 2.08. The van der Waals surface area contributed by atoms with Crippen molar-refractivity contribution in [1.29, 1.82) is 0 Å². The average Bonchev–Trinajstić information content (AvgIpc) is 2.90. The Morgan fingerprint density at radius 2 is 1.87 bits per heavy atom. The summed E-state index contributed by atoms with van der Waals surface area (Å²) in [7, 11) is -3.35. The predicted octanol–water partition coefficient (Wildman–Crippen LogP) is 3.22. The van der Waals surface area contributed by atoms with Gasteiger partial charge in [-0.1, -0.05) is 0 Å². The minimum Gasteiger partial charge on any atom is -0.301 e.